The van der Waals surface area contributed by atoms with Crippen LogP contribution < -0.4 is 5.32 Å². The van der Waals surface area contributed by atoms with Gasteiger partial charge in [-0.25, -0.2) is 4.79 Å². The second-order valence-corrected chi connectivity index (χ2v) is 6.94. The molecule has 2 rings (SSSR count). The monoisotopic (exact) mass is 324 g/mol. The number of hydrogen-bond acceptors (Lipinski definition) is 3. The minimum atomic E-state index is 0.129. The van der Waals surface area contributed by atoms with Crippen molar-refractivity contribution < 1.29 is 4.79 Å². The van der Waals surface area contributed by atoms with Gasteiger partial charge in [-0.1, -0.05) is 27.2 Å². The van der Waals surface area contributed by atoms with Crippen molar-refractivity contribution in [2.24, 2.45) is 0 Å². The topological polar surface area (TPSA) is 38.8 Å². The van der Waals surface area contributed by atoms with Crippen molar-refractivity contribution in [2.45, 2.75) is 65.0 Å². The standard InChI is InChI=1S/C18H36N4O/c1-4-16-9-7-8-12-21(16)14-11-19-18(23)22-13-10-17(15-22)20(5-2)6-3/h16-17H,4-15H2,1-3H3,(H,19,23). The van der Waals surface area contributed by atoms with Crippen LogP contribution in [0.3, 0.4) is 0 Å². The van der Waals surface area contributed by atoms with Crippen molar-refractivity contribution in [1.29, 1.82) is 0 Å². The molecule has 0 aromatic rings. The summed E-state index contributed by atoms with van der Waals surface area (Å²) in [6.45, 7) is 13.6. The van der Waals surface area contributed by atoms with Gasteiger partial charge >= 0.3 is 6.03 Å². The number of nitrogens with one attached hydrogen (secondary N) is 1. The molecule has 2 atom stereocenters. The lowest BCUT2D eigenvalue weighted by molar-refractivity contribution is 0.143. The summed E-state index contributed by atoms with van der Waals surface area (Å²) in [6.07, 6.45) is 6.33. The number of carbonyl (C=O) groups is 1. The third-order valence-electron chi connectivity index (χ3n) is 5.67. The van der Waals surface area contributed by atoms with Crippen LogP contribution in [0.15, 0.2) is 0 Å². The van der Waals surface area contributed by atoms with Crippen LogP contribution >= 0.6 is 0 Å². The summed E-state index contributed by atoms with van der Waals surface area (Å²) >= 11 is 0. The van der Waals surface area contributed by atoms with Gasteiger partial charge in [-0.05, 0) is 45.3 Å². The molecular weight excluding hydrogens is 288 g/mol. The van der Waals surface area contributed by atoms with Crippen LogP contribution in [-0.4, -0.2) is 78.6 Å². The van der Waals surface area contributed by atoms with Crippen molar-refractivity contribution in [3.63, 3.8) is 0 Å². The van der Waals surface area contributed by atoms with E-state index in [9.17, 15) is 4.79 Å². The van der Waals surface area contributed by atoms with Gasteiger partial charge in [0.15, 0.2) is 0 Å². The Morgan fingerprint density at radius 3 is 2.61 bits per heavy atom. The molecule has 0 radical (unpaired) electrons. The van der Waals surface area contributed by atoms with E-state index >= 15 is 0 Å². The van der Waals surface area contributed by atoms with Gasteiger partial charge in [0.2, 0.25) is 0 Å². The van der Waals surface area contributed by atoms with Gasteiger partial charge in [-0.3, -0.25) is 9.80 Å². The summed E-state index contributed by atoms with van der Waals surface area (Å²) in [5.41, 5.74) is 0. The number of urea groups is 1. The van der Waals surface area contributed by atoms with Gasteiger partial charge in [0.1, 0.15) is 0 Å². The molecule has 5 nitrogen and oxygen atoms in total. The van der Waals surface area contributed by atoms with Crippen LogP contribution in [0.1, 0.15) is 52.9 Å². The molecule has 1 N–H and O–H groups in total. The number of carbonyl (C=O) groups excluding carboxylic acids is 1. The summed E-state index contributed by atoms with van der Waals surface area (Å²) in [4.78, 5) is 19.4. The van der Waals surface area contributed by atoms with Crippen LogP contribution in [0.4, 0.5) is 4.79 Å². The molecule has 134 valence electrons. The first-order valence-corrected chi connectivity index (χ1v) is 9.70. The molecule has 2 amide bonds. The van der Waals surface area contributed by atoms with Crippen LogP contribution in [-0.2, 0) is 0 Å². The fourth-order valence-electron chi connectivity index (χ4n) is 4.20. The zero-order chi connectivity index (χ0) is 16.7. The Morgan fingerprint density at radius 2 is 1.91 bits per heavy atom. The smallest absolute Gasteiger partial charge is 0.317 e. The van der Waals surface area contributed by atoms with E-state index < -0.39 is 0 Å². The predicted octanol–water partition coefficient (Wildman–Crippen LogP) is 2.38. The van der Waals surface area contributed by atoms with E-state index in [1.807, 2.05) is 4.90 Å². The predicted molar refractivity (Wildman–Crippen MR) is 95.8 cm³/mol. The molecule has 0 saturated carbocycles. The van der Waals surface area contributed by atoms with E-state index in [0.29, 0.717) is 6.04 Å². The molecular formula is C18H36N4O. The van der Waals surface area contributed by atoms with Crippen molar-refractivity contribution in [1.82, 2.24) is 20.0 Å². The first-order valence-electron chi connectivity index (χ1n) is 9.70. The quantitative estimate of drug-likeness (QED) is 0.781. The molecule has 2 aliphatic rings. The Balaban J connectivity index is 1.69. The third-order valence-corrected chi connectivity index (χ3v) is 5.67. The summed E-state index contributed by atoms with van der Waals surface area (Å²) in [7, 11) is 0. The van der Waals surface area contributed by atoms with Crippen LogP contribution in [0, 0.1) is 0 Å². The zero-order valence-electron chi connectivity index (χ0n) is 15.4. The largest absolute Gasteiger partial charge is 0.337 e. The first kappa shape index (κ1) is 18.5. The van der Waals surface area contributed by atoms with Gasteiger partial charge in [0.05, 0.1) is 0 Å². The lowest BCUT2D eigenvalue weighted by atomic mass is 10.0. The molecule has 0 aromatic carbocycles. The molecule has 0 aliphatic carbocycles. The Bertz CT molecular complexity index is 359. The molecule has 2 fully saturated rings. The minimum absolute atomic E-state index is 0.129. The Kier molecular flexibility index (Phi) is 7.63. The number of piperidine rings is 1. The third kappa shape index (κ3) is 5.08. The summed E-state index contributed by atoms with van der Waals surface area (Å²) in [6, 6.07) is 1.39. The number of nitrogens with zero attached hydrogens (tertiary/aromatic N) is 3. The number of hydrogen-bond donors (Lipinski definition) is 1. The van der Waals surface area contributed by atoms with Gasteiger partial charge in [0, 0.05) is 38.3 Å². The average molecular weight is 325 g/mol. The van der Waals surface area contributed by atoms with Crippen molar-refractivity contribution >= 4 is 6.03 Å². The molecule has 0 spiro atoms. The highest BCUT2D eigenvalue weighted by Crippen LogP contribution is 2.19. The van der Waals surface area contributed by atoms with Crippen LogP contribution in [0.2, 0.25) is 0 Å². The van der Waals surface area contributed by atoms with Gasteiger partial charge in [-0.2, -0.15) is 0 Å². The summed E-state index contributed by atoms with van der Waals surface area (Å²) < 4.78 is 0. The minimum Gasteiger partial charge on any atom is -0.337 e. The zero-order valence-corrected chi connectivity index (χ0v) is 15.4. The highest BCUT2D eigenvalue weighted by molar-refractivity contribution is 5.74. The van der Waals surface area contributed by atoms with Crippen molar-refractivity contribution in [3.05, 3.63) is 0 Å². The number of amides is 2. The maximum absolute atomic E-state index is 12.4. The lowest BCUT2D eigenvalue weighted by Crippen LogP contribution is -2.46. The SMILES string of the molecule is CCC1CCCCN1CCNC(=O)N1CCC(N(CC)CC)C1. The molecule has 23 heavy (non-hydrogen) atoms. The molecule has 2 unspecified atom stereocenters. The molecule has 0 aromatic heterocycles. The maximum atomic E-state index is 12.4. The number of likely N-dealkylation sites (N-methyl/N-ethyl adjacent to an activating group) is 1. The lowest BCUT2D eigenvalue weighted by Gasteiger charge is -2.35. The normalized spacial score (nSPS) is 26.0. The number of likely N-dealkylation sites (tertiary alicyclic amines) is 2. The van der Waals surface area contributed by atoms with Gasteiger partial charge in [0.25, 0.3) is 0 Å². The van der Waals surface area contributed by atoms with Crippen molar-refractivity contribution in [2.75, 3.05) is 45.8 Å². The Hall–Kier alpha value is -0.810. The van der Waals surface area contributed by atoms with Gasteiger partial charge < -0.3 is 10.2 Å². The average Bonchev–Trinajstić information content (AvgIpc) is 3.06. The van der Waals surface area contributed by atoms with E-state index in [2.05, 4.69) is 35.9 Å². The number of rotatable bonds is 7. The van der Waals surface area contributed by atoms with E-state index in [4.69, 9.17) is 0 Å². The molecule has 5 heteroatoms. The van der Waals surface area contributed by atoms with Gasteiger partial charge in [-0.15, -0.1) is 0 Å². The Morgan fingerprint density at radius 1 is 1.13 bits per heavy atom. The summed E-state index contributed by atoms with van der Waals surface area (Å²) in [5, 5.41) is 3.14. The van der Waals surface area contributed by atoms with Crippen LogP contribution in [0.25, 0.3) is 0 Å². The maximum Gasteiger partial charge on any atom is 0.317 e. The van der Waals surface area contributed by atoms with E-state index in [-0.39, 0.29) is 6.03 Å². The fraction of sp³-hybridized carbons (Fsp3) is 0.944. The fourth-order valence-corrected chi connectivity index (χ4v) is 4.20. The highest BCUT2D eigenvalue weighted by Gasteiger charge is 2.29. The first-order chi connectivity index (χ1) is 11.2. The molecule has 2 saturated heterocycles. The summed E-state index contributed by atoms with van der Waals surface area (Å²) in [5.74, 6) is 0. The Labute approximate surface area is 142 Å². The second kappa shape index (κ2) is 9.48. The van der Waals surface area contributed by atoms with Crippen molar-refractivity contribution in [3.8, 4) is 0 Å². The van der Waals surface area contributed by atoms with E-state index in [1.54, 1.807) is 0 Å². The molecule has 0 bridgehead atoms. The molecule has 2 aliphatic heterocycles. The van der Waals surface area contributed by atoms with E-state index in [0.717, 1.165) is 51.7 Å². The highest BCUT2D eigenvalue weighted by atomic mass is 16.2. The van der Waals surface area contributed by atoms with Crippen LogP contribution in [0.5, 0.6) is 0 Å². The van der Waals surface area contributed by atoms with E-state index in [1.165, 1.54) is 32.2 Å². The molecule has 2 heterocycles. The second-order valence-electron chi connectivity index (χ2n) is 6.94.